The minimum Gasteiger partial charge on any atom is -0.508 e. The standard InChI is InChI=1S/C17H10BrN3OS/c18-16-8-7-13(20-21-16)10-1-3-11(4-2-10)17-19-14-6-5-12(22)9-15(14)23-17/h1-9,22H. The molecule has 0 spiro atoms. The lowest BCUT2D eigenvalue weighted by Crippen LogP contribution is -1.87. The molecule has 0 bridgehead atoms. The number of halogens is 1. The Morgan fingerprint density at radius 1 is 0.870 bits per heavy atom. The van der Waals surface area contributed by atoms with Crippen LogP contribution in [0.1, 0.15) is 0 Å². The fraction of sp³-hybridized carbons (Fsp3) is 0. The number of phenols is 1. The molecule has 0 fully saturated rings. The molecule has 0 amide bonds. The molecule has 1 N–H and O–H groups in total. The number of rotatable bonds is 2. The summed E-state index contributed by atoms with van der Waals surface area (Å²) in [5, 5.41) is 18.6. The van der Waals surface area contributed by atoms with Gasteiger partial charge in [0.1, 0.15) is 15.4 Å². The van der Waals surface area contributed by atoms with Crippen LogP contribution in [0.25, 0.3) is 32.0 Å². The maximum absolute atomic E-state index is 9.55. The van der Waals surface area contributed by atoms with Crippen LogP contribution in [0.5, 0.6) is 5.75 Å². The molecular formula is C17H10BrN3OS. The third kappa shape index (κ3) is 2.83. The van der Waals surface area contributed by atoms with Crippen molar-refractivity contribution < 1.29 is 5.11 Å². The molecule has 0 unspecified atom stereocenters. The topological polar surface area (TPSA) is 58.9 Å². The van der Waals surface area contributed by atoms with Crippen LogP contribution in [0.2, 0.25) is 0 Å². The van der Waals surface area contributed by atoms with Gasteiger partial charge in [-0.25, -0.2) is 4.98 Å². The minimum atomic E-state index is 0.261. The average Bonchev–Trinajstić information content (AvgIpc) is 2.99. The molecule has 23 heavy (non-hydrogen) atoms. The SMILES string of the molecule is Oc1ccc2nc(-c3ccc(-c4ccc(Br)nn4)cc3)sc2c1. The average molecular weight is 384 g/mol. The van der Waals surface area contributed by atoms with Crippen LogP contribution in [0.3, 0.4) is 0 Å². The second kappa shape index (κ2) is 5.72. The highest BCUT2D eigenvalue weighted by Gasteiger charge is 2.08. The van der Waals surface area contributed by atoms with Gasteiger partial charge in [0.05, 0.1) is 15.9 Å². The molecule has 4 aromatic rings. The molecule has 0 saturated carbocycles. The molecule has 0 atom stereocenters. The highest BCUT2D eigenvalue weighted by molar-refractivity contribution is 9.10. The van der Waals surface area contributed by atoms with Crippen molar-refractivity contribution in [3.63, 3.8) is 0 Å². The van der Waals surface area contributed by atoms with E-state index in [2.05, 4.69) is 31.1 Å². The molecule has 2 aromatic carbocycles. The maximum Gasteiger partial charge on any atom is 0.128 e. The normalized spacial score (nSPS) is 11.0. The molecule has 4 rings (SSSR count). The van der Waals surface area contributed by atoms with E-state index >= 15 is 0 Å². The van der Waals surface area contributed by atoms with Gasteiger partial charge in [0.25, 0.3) is 0 Å². The van der Waals surface area contributed by atoms with Gasteiger partial charge in [-0.15, -0.1) is 21.5 Å². The maximum atomic E-state index is 9.55. The molecule has 0 radical (unpaired) electrons. The minimum absolute atomic E-state index is 0.261. The van der Waals surface area contributed by atoms with Crippen molar-refractivity contribution >= 4 is 37.5 Å². The molecule has 0 aliphatic carbocycles. The summed E-state index contributed by atoms with van der Waals surface area (Å²) in [6.45, 7) is 0. The summed E-state index contributed by atoms with van der Waals surface area (Å²) in [6, 6.07) is 17.1. The number of hydrogen-bond acceptors (Lipinski definition) is 5. The van der Waals surface area contributed by atoms with Crippen LogP contribution < -0.4 is 0 Å². The van der Waals surface area contributed by atoms with E-state index < -0.39 is 0 Å². The highest BCUT2D eigenvalue weighted by atomic mass is 79.9. The van der Waals surface area contributed by atoms with Crippen LogP contribution >= 0.6 is 27.3 Å². The first-order valence-corrected chi connectivity index (χ1v) is 8.49. The Balaban J connectivity index is 1.70. The Bertz CT molecular complexity index is 981. The molecule has 0 aliphatic rings. The van der Waals surface area contributed by atoms with Gasteiger partial charge < -0.3 is 5.11 Å². The number of benzene rings is 2. The Morgan fingerprint density at radius 2 is 1.65 bits per heavy atom. The first-order valence-electron chi connectivity index (χ1n) is 6.89. The zero-order chi connectivity index (χ0) is 15.8. The fourth-order valence-electron chi connectivity index (χ4n) is 2.29. The number of aromatic nitrogens is 3. The smallest absolute Gasteiger partial charge is 0.128 e. The van der Waals surface area contributed by atoms with E-state index in [-0.39, 0.29) is 5.75 Å². The first-order chi connectivity index (χ1) is 11.2. The Morgan fingerprint density at radius 3 is 2.39 bits per heavy atom. The van der Waals surface area contributed by atoms with E-state index in [1.54, 1.807) is 23.5 Å². The third-order valence-electron chi connectivity index (χ3n) is 3.43. The summed E-state index contributed by atoms with van der Waals surface area (Å²) in [5.41, 5.74) is 3.77. The molecule has 6 heteroatoms. The zero-order valence-corrected chi connectivity index (χ0v) is 14.2. The second-order valence-electron chi connectivity index (χ2n) is 4.99. The third-order valence-corrected chi connectivity index (χ3v) is 4.92. The number of thiazole rings is 1. The summed E-state index contributed by atoms with van der Waals surface area (Å²) in [4.78, 5) is 4.61. The number of aromatic hydroxyl groups is 1. The Labute approximate surface area is 144 Å². The van der Waals surface area contributed by atoms with Crippen LogP contribution in [0.15, 0.2) is 59.2 Å². The summed E-state index contributed by atoms with van der Waals surface area (Å²) < 4.78 is 1.69. The lowest BCUT2D eigenvalue weighted by Gasteiger charge is -2.01. The van der Waals surface area contributed by atoms with Crippen molar-refractivity contribution in [2.24, 2.45) is 0 Å². The molecular weight excluding hydrogens is 374 g/mol. The van der Waals surface area contributed by atoms with Gasteiger partial charge in [-0.1, -0.05) is 24.3 Å². The van der Waals surface area contributed by atoms with E-state index in [4.69, 9.17) is 0 Å². The van der Waals surface area contributed by atoms with Gasteiger partial charge in [0.2, 0.25) is 0 Å². The van der Waals surface area contributed by atoms with Crippen LogP contribution in [-0.4, -0.2) is 20.3 Å². The molecule has 0 aliphatic heterocycles. The molecule has 112 valence electrons. The van der Waals surface area contributed by atoms with Gasteiger partial charge in [-0.2, -0.15) is 0 Å². The number of fused-ring (bicyclic) bond motifs is 1. The molecule has 2 heterocycles. The Kier molecular flexibility index (Phi) is 3.55. The van der Waals surface area contributed by atoms with Gasteiger partial charge in [-0.3, -0.25) is 0 Å². The van der Waals surface area contributed by atoms with Gasteiger partial charge in [0, 0.05) is 11.1 Å². The van der Waals surface area contributed by atoms with Gasteiger partial charge >= 0.3 is 0 Å². The van der Waals surface area contributed by atoms with Gasteiger partial charge in [0.15, 0.2) is 0 Å². The predicted molar refractivity (Wildman–Crippen MR) is 95.4 cm³/mol. The van der Waals surface area contributed by atoms with Crippen molar-refractivity contribution in [3.05, 3.63) is 59.2 Å². The lowest BCUT2D eigenvalue weighted by molar-refractivity contribution is 0.476. The number of phenolic OH excluding ortho intramolecular Hbond substituents is 1. The predicted octanol–water partition coefficient (Wildman–Crippen LogP) is 4.89. The molecule has 0 saturated heterocycles. The van der Waals surface area contributed by atoms with Crippen LogP contribution in [0.4, 0.5) is 0 Å². The van der Waals surface area contributed by atoms with Crippen molar-refractivity contribution in [2.75, 3.05) is 0 Å². The van der Waals surface area contributed by atoms with Crippen LogP contribution in [0, 0.1) is 0 Å². The van der Waals surface area contributed by atoms with Crippen molar-refractivity contribution in [3.8, 4) is 27.6 Å². The summed E-state index contributed by atoms with van der Waals surface area (Å²) in [7, 11) is 0. The first kappa shape index (κ1) is 14.3. The van der Waals surface area contributed by atoms with E-state index in [1.807, 2.05) is 42.5 Å². The number of nitrogens with zero attached hydrogens (tertiary/aromatic N) is 3. The van der Waals surface area contributed by atoms with E-state index in [0.717, 1.165) is 36.6 Å². The number of hydrogen-bond donors (Lipinski definition) is 1. The fourth-order valence-corrected chi connectivity index (χ4v) is 3.51. The van der Waals surface area contributed by atoms with Crippen molar-refractivity contribution in [2.45, 2.75) is 0 Å². The quantitative estimate of drug-likeness (QED) is 0.535. The second-order valence-corrected chi connectivity index (χ2v) is 6.83. The van der Waals surface area contributed by atoms with E-state index in [0.29, 0.717) is 0 Å². The molecule has 4 nitrogen and oxygen atoms in total. The molecule has 2 aromatic heterocycles. The summed E-state index contributed by atoms with van der Waals surface area (Å²) in [6.07, 6.45) is 0. The Hall–Kier alpha value is -2.31. The van der Waals surface area contributed by atoms with Crippen molar-refractivity contribution in [1.29, 1.82) is 0 Å². The van der Waals surface area contributed by atoms with E-state index in [9.17, 15) is 5.11 Å². The van der Waals surface area contributed by atoms with Gasteiger partial charge in [-0.05, 0) is 46.3 Å². The van der Waals surface area contributed by atoms with Crippen LogP contribution in [-0.2, 0) is 0 Å². The monoisotopic (exact) mass is 383 g/mol. The summed E-state index contributed by atoms with van der Waals surface area (Å²) in [5.74, 6) is 0.261. The zero-order valence-electron chi connectivity index (χ0n) is 11.8. The van der Waals surface area contributed by atoms with Crippen molar-refractivity contribution in [1.82, 2.24) is 15.2 Å². The lowest BCUT2D eigenvalue weighted by atomic mass is 10.1. The summed E-state index contributed by atoms with van der Waals surface area (Å²) >= 11 is 4.85. The van der Waals surface area contributed by atoms with E-state index in [1.165, 1.54) is 0 Å². The highest BCUT2D eigenvalue weighted by Crippen LogP contribution is 2.32. The largest absolute Gasteiger partial charge is 0.508 e.